The Bertz CT molecular complexity index is 632. The molecule has 1 aliphatic rings. The van der Waals surface area contributed by atoms with Crippen LogP contribution in [0.25, 0.3) is 0 Å². The summed E-state index contributed by atoms with van der Waals surface area (Å²) in [5.74, 6) is 1.54. The number of nitrogens with one attached hydrogen (secondary N) is 2. The highest BCUT2D eigenvalue weighted by atomic mass is 127. The van der Waals surface area contributed by atoms with Crippen LogP contribution in [-0.2, 0) is 4.74 Å². The standard InChI is InChI=1S/C23H40N4O3.HI/c1-6-24-23(25-12-7-13-27-15-18(4)30-19(5)16-27)26-14-22(28)20-8-10-21(11-9-20)29-17(2)3;/h8-11,17-19,22,28H,6-7,12-16H2,1-5H3,(H2,24,25,26);1H. The van der Waals surface area contributed by atoms with Gasteiger partial charge >= 0.3 is 0 Å². The second-order valence-electron chi connectivity index (χ2n) is 8.27. The summed E-state index contributed by atoms with van der Waals surface area (Å²) in [6.07, 6.45) is 1.11. The van der Waals surface area contributed by atoms with Gasteiger partial charge in [-0.05, 0) is 58.7 Å². The Hall–Kier alpha value is -1.10. The van der Waals surface area contributed by atoms with E-state index in [1.54, 1.807) is 0 Å². The lowest BCUT2D eigenvalue weighted by Crippen LogP contribution is -2.46. The Labute approximate surface area is 205 Å². The maximum atomic E-state index is 10.5. The maximum Gasteiger partial charge on any atom is 0.191 e. The van der Waals surface area contributed by atoms with Crippen LogP contribution in [-0.4, -0.2) is 73.5 Å². The van der Waals surface area contributed by atoms with Gasteiger partial charge in [0.2, 0.25) is 0 Å². The van der Waals surface area contributed by atoms with E-state index >= 15 is 0 Å². The minimum Gasteiger partial charge on any atom is -0.491 e. The summed E-state index contributed by atoms with van der Waals surface area (Å²) in [6.45, 7) is 15.2. The predicted molar refractivity (Wildman–Crippen MR) is 138 cm³/mol. The van der Waals surface area contributed by atoms with E-state index in [-0.39, 0.29) is 30.1 Å². The van der Waals surface area contributed by atoms with Crippen molar-refractivity contribution < 1.29 is 14.6 Å². The molecule has 2 rings (SSSR count). The molecule has 178 valence electrons. The molecule has 7 nitrogen and oxygen atoms in total. The molecule has 0 amide bonds. The number of halogens is 1. The normalized spacial score (nSPS) is 20.8. The monoisotopic (exact) mass is 548 g/mol. The first kappa shape index (κ1) is 27.9. The summed E-state index contributed by atoms with van der Waals surface area (Å²) in [5.41, 5.74) is 0.835. The summed E-state index contributed by atoms with van der Waals surface area (Å²) in [4.78, 5) is 7.01. The van der Waals surface area contributed by atoms with E-state index in [0.717, 1.165) is 56.4 Å². The molecule has 0 aliphatic carbocycles. The van der Waals surface area contributed by atoms with Crippen LogP contribution in [0, 0.1) is 0 Å². The van der Waals surface area contributed by atoms with Crippen LogP contribution >= 0.6 is 24.0 Å². The number of hydrogen-bond acceptors (Lipinski definition) is 5. The first-order valence-corrected chi connectivity index (χ1v) is 11.2. The Balaban J connectivity index is 0.00000480. The number of aliphatic hydroxyl groups excluding tert-OH is 1. The number of aliphatic hydroxyl groups is 1. The number of benzene rings is 1. The average molecular weight is 549 g/mol. The number of rotatable bonds is 10. The van der Waals surface area contributed by atoms with Crippen molar-refractivity contribution in [2.45, 2.75) is 65.5 Å². The zero-order valence-corrected chi connectivity index (χ0v) is 22.0. The first-order valence-electron chi connectivity index (χ1n) is 11.2. The van der Waals surface area contributed by atoms with Crippen LogP contribution in [0.15, 0.2) is 29.3 Å². The van der Waals surface area contributed by atoms with Crippen LogP contribution in [0.4, 0.5) is 0 Å². The van der Waals surface area contributed by atoms with Gasteiger partial charge in [0, 0.05) is 32.7 Å². The third kappa shape index (κ3) is 10.9. The summed E-state index contributed by atoms with van der Waals surface area (Å²) >= 11 is 0. The largest absolute Gasteiger partial charge is 0.491 e. The van der Waals surface area contributed by atoms with Crippen molar-refractivity contribution in [3.8, 4) is 5.75 Å². The van der Waals surface area contributed by atoms with Crippen molar-refractivity contribution >= 4 is 29.9 Å². The molecule has 1 saturated heterocycles. The number of guanidine groups is 1. The molecule has 1 aromatic rings. The number of aliphatic imine (C=N–C) groups is 1. The molecule has 1 aliphatic heterocycles. The molecule has 1 heterocycles. The minimum atomic E-state index is -0.648. The lowest BCUT2D eigenvalue weighted by molar-refractivity contribution is -0.0679. The van der Waals surface area contributed by atoms with Gasteiger partial charge in [-0.15, -0.1) is 24.0 Å². The van der Waals surface area contributed by atoms with Gasteiger partial charge in [0.15, 0.2) is 5.96 Å². The van der Waals surface area contributed by atoms with Gasteiger partial charge in [-0.2, -0.15) is 0 Å². The summed E-state index contributed by atoms with van der Waals surface area (Å²) < 4.78 is 11.4. The molecule has 3 atom stereocenters. The lowest BCUT2D eigenvalue weighted by Gasteiger charge is -2.35. The van der Waals surface area contributed by atoms with Crippen LogP contribution in [0.5, 0.6) is 5.75 Å². The topological polar surface area (TPSA) is 78.4 Å². The van der Waals surface area contributed by atoms with Crippen LogP contribution < -0.4 is 15.4 Å². The second-order valence-corrected chi connectivity index (χ2v) is 8.27. The Morgan fingerprint density at radius 1 is 1.19 bits per heavy atom. The van der Waals surface area contributed by atoms with E-state index in [0.29, 0.717) is 18.8 Å². The Kier molecular flexibility index (Phi) is 13.4. The van der Waals surface area contributed by atoms with Crippen molar-refractivity contribution in [1.29, 1.82) is 0 Å². The molecular weight excluding hydrogens is 507 g/mol. The molecule has 3 N–H and O–H groups in total. The molecule has 31 heavy (non-hydrogen) atoms. The number of morpholine rings is 1. The SMILES string of the molecule is CCNC(=NCC(O)c1ccc(OC(C)C)cc1)NCCCN1CC(C)OC(C)C1.I. The van der Waals surface area contributed by atoms with Gasteiger partial charge in [0.05, 0.1) is 31.0 Å². The molecular formula is C23H41IN4O3. The quantitative estimate of drug-likeness (QED) is 0.181. The van der Waals surface area contributed by atoms with Gasteiger partial charge in [-0.25, -0.2) is 0 Å². The Morgan fingerprint density at radius 2 is 1.84 bits per heavy atom. The van der Waals surface area contributed by atoms with E-state index < -0.39 is 6.10 Å². The van der Waals surface area contributed by atoms with Gasteiger partial charge in [-0.3, -0.25) is 9.89 Å². The van der Waals surface area contributed by atoms with E-state index in [1.165, 1.54) is 0 Å². The highest BCUT2D eigenvalue weighted by Gasteiger charge is 2.21. The number of ether oxygens (including phenoxy) is 2. The summed E-state index contributed by atoms with van der Waals surface area (Å²) in [5, 5.41) is 17.1. The third-order valence-electron chi connectivity index (χ3n) is 4.84. The van der Waals surface area contributed by atoms with Crippen molar-refractivity contribution in [1.82, 2.24) is 15.5 Å². The zero-order valence-electron chi connectivity index (χ0n) is 19.6. The van der Waals surface area contributed by atoms with E-state index in [4.69, 9.17) is 9.47 Å². The maximum absolute atomic E-state index is 10.5. The molecule has 3 unspecified atom stereocenters. The second kappa shape index (κ2) is 14.9. The van der Waals surface area contributed by atoms with Crippen molar-refractivity contribution in [3.63, 3.8) is 0 Å². The van der Waals surface area contributed by atoms with E-state index in [9.17, 15) is 5.11 Å². The first-order chi connectivity index (χ1) is 14.4. The molecule has 0 spiro atoms. The number of hydrogen-bond donors (Lipinski definition) is 3. The molecule has 0 bridgehead atoms. The zero-order chi connectivity index (χ0) is 21.9. The van der Waals surface area contributed by atoms with Crippen LogP contribution in [0.2, 0.25) is 0 Å². The molecule has 8 heteroatoms. The minimum absolute atomic E-state index is 0. The highest BCUT2D eigenvalue weighted by Crippen LogP contribution is 2.19. The van der Waals surface area contributed by atoms with Gasteiger partial charge < -0.3 is 25.2 Å². The molecule has 0 saturated carbocycles. The van der Waals surface area contributed by atoms with Gasteiger partial charge in [0.25, 0.3) is 0 Å². The van der Waals surface area contributed by atoms with Gasteiger partial charge in [0.1, 0.15) is 5.75 Å². The molecule has 1 aromatic carbocycles. The molecule has 0 aromatic heterocycles. The van der Waals surface area contributed by atoms with Crippen LogP contribution in [0.3, 0.4) is 0 Å². The molecule has 1 fully saturated rings. The summed E-state index contributed by atoms with van der Waals surface area (Å²) in [7, 11) is 0. The van der Waals surface area contributed by atoms with Crippen molar-refractivity contribution in [2.75, 3.05) is 39.3 Å². The van der Waals surface area contributed by atoms with Crippen LogP contribution in [0.1, 0.15) is 52.7 Å². The summed E-state index contributed by atoms with van der Waals surface area (Å²) in [6, 6.07) is 7.56. The fourth-order valence-corrected chi connectivity index (χ4v) is 3.64. The van der Waals surface area contributed by atoms with Crippen molar-refractivity contribution in [3.05, 3.63) is 29.8 Å². The van der Waals surface area contributed by atoms with Gasteiger partial charge in [-0.1, -0.05) is 12.1 Å². The van der Waals surface area contributed by atoms with E-state index in [2.05, 4.69) is 34.4 Å². The molecule has 0 radical (unpaired) electrons. The average Bonchev–Trinajstić information content (AvgIpc) is 2.68. The van der Waals surface area contributed by atoms with E-state index in [1.807, 2.05) is 45.0 Å². The smallest absolute Gasteiger partial charge is 0.191 e. The predicted octanol–water partition coefficient (Wildman–Crippen LogP) is 3.18. The fraction of sp³-hybridized carbons (Fsp3) is 0.696. The lowest BCUT2D eigenvalue weighted by atomic mass is 10.1. The fourth-order valence-electron chi connectivity index (χ4n) is 3.64. The highest BCUT2D eigenvalue weighted by molar-refractivity contribution is 14.0. The Morgan fingerprint density at radius 3 is 2.42 bits per heavy atom. The third-order valence-corrected chi connectivity index (χ3v) is 4.84. The number of nitrogens with zero attached hydrogens (tertiary/aromatic N) is 2. The van der Waals surface area contributed by atoms with Crippen molar-refractivity contribution in [2.24, 2.45) is 4.99 Å².